The molecule has 0 saturated carbocycles. The van der Waals surface area contributed by atoms with Gasteiger partial charge in [0.25, 0.3) is 0 Å². The lowest BCUT2D eigenvalue weighted by Crippen LogP contribution is -2.25. The molecule has 1 aliphatic heterocycles. The summed E-state index contributed by atoms with van der Waals surface area (Å²) in [7, 11) is 0. The standard InChI is InChI=1S/C23H20F2N2O4/c1-3-29-23(28)20-13(2)31-22(27)18(11-26)21(20)14-5-8-17(9-6-14)30-12-15-4-7-16(24)10-19(15)25/h4-10,21H,3,12,27H2,1-2H3. The molecule has 1 heterocycles. The Morgan fingerprint density at radius 2 is 1.94 bits per heavy atom. The third kappa shape index (κ3) is 4.67. The molecule has 160 valence electrons. The van der Waals surface area contributed by atoms with Gasteiger partial charge in [0.15, 0.2) is 0 Å². The minimum absolute atomic E-state index is 0.0786. The van der Waals surface area contributed by atoms with Crippen LogP contribution < -0.4 is 10.5 Å². The van der Waals surface area contributed by atoms with Crippen LogP contribution in [0.2, 0.25) is 0 Å². The number of nitrogens with zero attached hydrogens (tertiary/aromatic N) is 1. The minimum atomic E-state index is -0.763. The van der Waals surface area contributed by atoms with E-state index in [-0.39, 0.29) is 41.6 Å². The SMILES string of the molecule is CCOC(=O)C1=C(C)OC(N)=C(C#N)C1c1ccc(OCc2ccc(F)cc2F)cc1. The van der Waals surface area contributed by atoms with Crippen molar-refractivity contribution in [3.63, 3.8) is 0 Å². The highest BCUT2D eigenvalue weighted by atomic mass is 19.1. The number of hydrogen-bond donors (Lipinski definition) is 1. The largest absolute Gasteiger partial charge is 0.489 e. The molecule has 8 heteroatoms. The lowest BCUT2D eigenvalue weighted by atomic mass is 9.83. The molecular formula is C23H20F2N2O4. The molecule has 1 atom stereocenters. The molecule has 1 aliphatic rings. The van der Waals surface area contributed by atoms with Gasteiger partial charge in [0, 0.05) is 11.6 Å². The van der Waals surface area contributed by atoms with Crippen molar-refractivity contribution in [2.45, 2.75) is 26.4 Å². The summed E-state index contributed by atoms with van der Waals surface area (Å²) in [5.41, 5.74) is 6.97. The third-order valence-electron chi connectivity index (χ3n) is 4.72. The fraction of sp³-hybridized carbons (Fsp3) is 0.217. The third-order valence-corrected chi connectivity index (χ3v) is 4.72. The van der Waals surface area contributed by atoms with Crippen molar-refractivity contribution in [1.82, 2.24) is 0 Å². The Hall–Kier alpha value is -3.86. The zero-order chi connectivity index (χ0) is 22.5. The topological polar surface area (TPSA) is 94.6 Å². The van der Waals surface area contributed by atoms with E-state index in [1.54, 1.807) is 38.1 Å². The number of carbonyl (C=O) groups is 1. The molecule has 6 nitrogen and oxygen atoms in total. The van der Waals surface area contributed by atoms with Crippen LogP contribution in [0.5, 0.6) is 5.75 Å². The van der Waals surface area contributed by atoms with Crippen LogP contribution in [-0.4, -0.2) is 12.6 Å². The van der Waals surface area contributed by atoms with E-state index in [2.05, 4.69) is 0 Å². The first-order valence-electron chi connectivity index (χ1n) is 9.47. The number of nitriles is 1. The van der Waals surface area contributed by atoms with E-state index in [0.29, 0.717) is 11.3 Å². The summed E-state index contributed by atoms with van der Waals surface area (Å²) in [6.07, 6.45) is 0. The predicted molar refractivity (Wildman–Crippen MR) is 107 cm³/mol. The highest BCUT2D eigenvalue weighted by molar-refractivity contribution is 5.92. The molecule has 0 bridgehead atoms. The molecule has 0 radical (unpaired) electrons. The fourth-order valence-electron chi connectivity index (χ4n) is 3.24. The molecule has 0 aromatic heterocycles. The first kappa shape index (κ1) is 21.8. The Morgan fingerprint density at radius 1 is 1.23 bits per heavy atom. The Morgan fingerprint density at radius 3 is 2.55 bits per heavy atom. The van der Waals surface area contributed by atoms with E-state index in [4.69, 9.17) is 19.9 Å². The first-order chi connectivity index (χ1) is 14.8. The van der Waals surface area contributed by atoms with Gasteiger partial charge in [-0.1, -0.05) is 12.1 Å². The van der Waals surface area contributed by atoms with Crippen LogP contribution in [0.3, 0.4) is 0 Å². The Kier molecular flexibility index (Phi) is 6.55. The highest BCUT2D eigenvalue weighted by Crippen LogP contribution is 2.40. The second kappa shape index (κ2) is 9.30. The van der Waals surface area contributed by atoms with Crippen LogP contribution in [0.15, 0.2) is 65.3 Å². The lowest BCUT2D eigenvalue weighted by molar-refractivity contribution is -0.139. The van der Waals surface area contributed by atoms with E-state index in [9.17, 15) is 18.8 Å². The van der Waals surface area contributed by atoms with Crippen molar-refractivity contribution in [2.75, 3.05) is 6.61 Å². The smallest absolute Gasteiger partial charge is 0.338 e. The fourth-order valence-corrected chi connectivity index (χ4v) is 3.24. The van der Waals surface area contributed by atoms with Gasteiger partial charge in [0.2, 0.25) is 5.88 Å². The summed E-state index contributed by atoms with van der Waals surface area (Å²) < 4.78 is 42.9. The Labute approximate surface area is 178 Å². The van der Waals surface area contributed by atoms with Crippen molar-refractivity contribution >= 4 is 5.97 Å². The average Bonchev–Trinajstić information content (AvgIpc) is 2.73. The zero-order valence-corrected chi connectivity index (χ0v) is 16.9. The number of carbonyl (C=O) groups excluding carboxylic acids is 1. The molecule has 0 spiro atoms. The molecule has 0 aliphatic carbocycles. The number of rotatable bonds is 6. The number of allylic oxidation sites excluding steroid dienone is 2. The van der Waals surface area contributed by atoms with Crippen LogP contribution >= 0.6 is 0 Å². The van der Waals surface area contributed by atoms with Gasteiger partial charge < -0.3 is 19.9 Å². The molecule has 2 N–H and O–H groups in total. The number of halogens is 2. The number of esters is 1. The zero-order valence-electron chi connectivity index (χ0n) is 16.9. The van der Waals surface area contributed by atoms with E-state index in [0.717, 1.165) is 12.1 Å². The van der Waals surface area contributed by atoms with Gasteiger partial charge in [-0.25, -0.2) is 13.6 Å². The summed E-state index contributed by atoms with van der Waals surface area (Å²) in [5.74, 6) is -2.12. The van der Waals surface area contributed by atoms with Crippen LogP contribution in [0.4, 0.5) is 8.78 Å². The number of ether oxygens (including phenoxy) is 3. The van der Waals surface area contributed by atoms with Crippen molar-refractivity contribution in [1.29, 1.82) is 5.26 Å². The summed E-state index contributed by atoms with van der Waals surface area (Å²) >= 11 is 0. The second-order valence-corrected chi connectivity index (χ2v) is 6.71. The van der Waals surface area contributed by atoms with Crippen LogP contribution in [0.1, 0.15) is 30.9 Å². The van der Waals surface area contributed by atoms with Gasteiger partial charge in [-0.15, -0.1) is 0 Å². The molecule has 0 saturated heterocycles. The average molecular weight is 426 g/mol. The number of benzene rings is 2. The van der Waals surface area contributed by atoms with Crippen LogP contribution in [-0.2, 0) is 20.9 Å². The van der Waals surface area contributed by atoms with Crippen molar-refractivity contribution in [3.05, 3.63) is 88.0 Å². The maximum absolute atomic E-state index is 13.8. The van der Waals surface area contributed by atoms with Crippen LogP contribution in [0, 0.1) is 23.0 Å². The second-order valence-electron chi connectivity index (χ2n) is 6.71. The highest BCUT2D eigenvalue weighted by Gasteiger charge is 2.36. The molecule has 3 rings (SSSR count). The quantitative estimate of drug-likeness (QED) is 0.696. The van der Waals surface area contributed by atoms with Gasteiger partial charge in [0.1, 0.15) is 41.4 Å². The van der Waals surface area contributed by atoms with Gasteiger partial charge >= 0.3 is 5.97 Å². The van der Waals surface area contributed by atoms with Crippen LogP contribution in [0.25, 0.3) is 0 Å². The monoisotopic (exact) mass is 426 g/mol. The van der Waals surface area contributed by atoms with Crippen molar-refractivity contribution in [2.24, 2.45) is 5.73 Å². The molecular weight excluding hydrogens is 406 g/mol. The van der Waals surface area contributed by atoms with Gasteiger partial charge in [-0.3, -0.25) is 0 Å². The van der Waals surface area contributed by atoms with Crippen molar-refractivity contribution < 1.29 is 27.8 Å². The molecule has 1 unspecified atom stereocenters. The van der Waals surface area contributed by atoms with Gasteiger partial charge in [0.05, 0.1) is 18.1 Å². The minimum Gasteiger partial charge on any atom is -0.489 e. The maximum atomic E-state index is 13.8. The summed E-state index contributed by atoms with van der Waals surface area (Å²) in [4.78, 5) is 12.5. The van der Waals surface area contributed by atoms with Gasteiger partial charge in [-0.05, 0) is 43.7 Å². The van der Waals surface area contributed by atoms with E-state index < -0.39 is 23.5 Å². The number of nitrogens with two attached hydrogens (primary N) is 1. The summed E-state index contributed by atoms with van der Waals surface area (Å²) in [5, 5.41) is 9.59. The van der Waals surface area contributed by atoms with E-state index >= 15 is 0 Å². The molecule has 0 fully saturated rings. The normalized spacial score (nSPS) is 15.9. The summed E-state index contributed by atoms with van der Waals surface area (Å²) in [6, 6.07) is 11.8. The van der Waals surface area contributed by atoms with Crippen molar-refractivity contribution in [3.8, 4) is 11.8 Å². The Balaban J connectivity index is 1.86. The summed E-state index contributed by atoms with van der Waals surface area (Å²) in [6.45, 7) is 3.33. The molecule has 31 heavy (non-hydrogen) atoms. The predicted octanol–water partition coefficient (Wildman–Crippen LogP) is 4.19. The maximum Gasteiger partial charge on any atom is 0.338 e. The number of hydrogen-bond acceptors (Lipinski definition) is 6. The molecule has 2 aromatic rings. The van der Waals surface area contributed by atoms with E-state index in [1.165, 1.54) is 6.07 Å². The Bertz CT molecular complexity index is 1100. The molecule has 0 amide bonds. The lowest BCUT2D eigenvalue weighted by Gasteiger charge is -2.26. The first-order valence-corrected chi connectivity index (χ1v) is 9.47. The van der Waals surface area contributed by atoms with Gasteiger partial charge in [-0.2, -0.15) is 5.26 Å². The molecule has 2 aromatic carbocycles. The van der Waals surface area contributed by atoms with E-state index in [1.807, 2.05) is 6.07 Å².